The lowest BCUT2D eigenvalue weighted by molar-refractivity contribution is 0.0946. The highest BCUT2D eigenvalue weighted by Crippen LogP contribution is 2.18. The molecule has 0 radical (unpaired) electrons. The van der Waals surface area contributed by atoms with Crippen molar-refractivity contribution in [3.63, 3.8) is 0 Å². The van der Waals surface area contributed by atoms with Crippen LogP contribution in [0.1, 0.15) is 30.8 Å². The van der Waals surface area contributed by atoms with Crippen molar-refractivity contribution in [2.75, 3.05) is 42.5 Å². The molecule has 1 amide bonds. The zero-order chi connectivity index (χ0) is 18.4. The molecular weight excluding hydrogens is 326 g/mol. The van der Waals surface area contributed by atoms with Crippen molar-refractivity contribution in [2.45, 2.75) is 20.3 Å². The highest BCUT2D eigenvalue weighted by atomic mass is 16.1. The molecular formula is C20H27N5O. The number of benzene rings is 1. The fourth-order valence-corrected chi connectivity index (χ4v) is 3.00. The van der Waals surface area contributed by atoms with Crippen LogP contribution in [-0.2, 0) is 0 Å². The molecule has 0 unspecified atom stereocenters. The van der Waals surface area contributed by atoms with Gasteiger partial charge in [0, 0.05) is 38.4 Å². The van der Waals surface area contributed by atoms with Gasteiger partial charge in [0.05, 0.1) is 12.4 Å². The van der Waals surface area contributed by atoms with Crippen molar-refractivity contribution < 1.29 is 4.79 Å². The highest BCUT2D eigenvalue weighted by molar-refractivity contribution is 5.91. The lowest BCUT2D eigenvalue weighted by Gasteiger charge is -2.36. The molecule has 138 valence electrons. The Kier molecular flexibility index (Phi) is 6.04. The Bertz CT molecular complexity index is 694. The van der Waals surface area contributed by atoms with Gasteiger partial charge in [0.1, 0.15) is 11.5 Å². The fourth-order valence-electron chi connectivity index (χ4n) is 3.00. The Morgan fingerprint density at radius 3 is 2.35 bits per heavy atom. The van der Waals surface area contributed by atoms with Crippen LogP contribution in [-0.4, -0.2) is 48.6 Å². The van der Waals surface area contributed by atoms with Crippen LogP contribution in [0.4, 0.5) is 11.5 Å². The van der Waals surface area contributed by atoms with Gasteiger partial charge in [0.25, 0.3) is 5.91 Å². The van der Waals surface area contributed by atoms with E-state index in [0.717, 1.165) is 38.4 Å². The van der Waals surface area contributed by atoms with Crippen LogP contribution >= 0.6 is 0 Å². The largest absolute Gasteiger partial charge is 0.368 e. The second-order valence-electron chi connectivity index (χ2n) is 7.01. The first kappa shape index (κ1) is 18.2. The number of carbonyl (C=O) groups excluding carboxylic acids is 1. The van der Waals surface area contributed by atoms with Crippen molar-refractivity contribution in [3.8, 4) is 0 Å². The summed E-state index contributed by atoms with van der Waals surface area (Å²) in [6.45, 7) is 8.62. The molecule has 2 aromatic rings. The van der Waals surface area contributed by atoms with Crippen molar-refractivity contribution in [2.24, 2.45) is 5.92 Å². The van der Waals surface area contributed by atoms with Gasteiger partial charge in [0.15, 0.2) is 0 Å². The number of anilines is 2. The predicted molar refractivity (Wildman–Crippen MR) is 105 cm³/mol. The van der Waals surface area contributed by atoms with E-state index in [1.165, 1.54) is 5.69 Å². The van der Waals surface area contributed by atoms with Crippen LogP contribution in [0.3, 0.4) is 0 Å². The normalized spacial score (nSPS) is 14.6. The van der Waals surface area contributed by atoms with Crippen molar-refractivity contribution in [1.82, 2.24) is 15.3 Å². The van der Waals surface area contributed by atoms with Gasteiger partial charge >= 0.3 is 0 Å². The minimum Gasteiger partial charge on any atom is -0.368 e. The Morgan fingerprint density at radius 2 is 1.73 bits per heavy atom. The molecule has 1 aromatic heterocycles. The van der Waals surface area contributed by atoms with Gasteiger partial charge in [-0.05, 0) is 24.5 Å². The number of rotatable bonds is 6. The Labute approximate surface area is 155 Å². The summed E-state index contributed by atoms with van der Waals surface area (Å²) in [5.74, 6) is 1.24. The Morgan fingerprint density at radius 1 is 1.04 bits per heavy atom. The molecule has 1 fully saturated rings. The summed E-state index contributed by atoms with van der Waals surface area (Å²) in [6.07, 6.45) is 4.24. The molecule has 1 saturated heterocycles. The molecule has 1 aromatic carbocycles. The van der Waals surface area contributed by atoms with Crippen molar-refractivity contribution >= 4 is 17.4 Å². The molecule has 3 rings (SSSR count). The SMILES string of the molecule is CC(C)CCNC(=O)c1cnc(N2CCN(c3ccccc3)CC2)cn1. The first-order chi connectivity index (χ1) is 12.6. The van der Waals surface area contributed by atoms with Gasteiger partial charge in [-0.1, -0.05) is 32.0 Å². The summed E-state index contributed by atoms with van der Waals surface area (Å²) >= 11 is 0. The maximum Gasteiger partial charge on any atom is 0.271 e. The van der Waals surface area contributed by atoms with Crippen LogP contribution in [0.2, 0.25) is 0 Å². The van der Waals surface area contributed by atoms with E-state index in [9.17, 15) is 4.79 Å². The average Bonchev–Trinajstić information content (AvgIpc) is 2.68. The average molecular weight is 353 g/mol. The van der Waals surface area contributed by atoms with E-state index in [1.807, 2.05) is 6.07 Å². The van der Waals surface area contributed by atoms with E-state index in [1.54, 1.807) is 12.4 Å². The number of hydrogen-bond acceptors (Lipinski definition) is 5. The minimum absolute atomic E-state index is 0.154. The zero-order valence-electron chi connectivity index (χ0n) is 15.6. The van der Waals surface area contributed by atoms with E-state index in [2.05, 4.69) is 63.2 Å². The summed E-state index contributed by atoms with van der Waals surface area (Å²) in [5.41, 5.74) is 1.63. The number of para-hydroxylation sites is 1. The number of piperazine rings is 1. The summed E-state index contributed by atoms with van der Waals surface area (Å²) in [4.78, 5) is 25.4. The molecule has 0 atom stereocenters. The number of amides is 1. The summed E-state index contributed by atoms with van der Waals surface area (Å²) in [5, 5.41) is 2.89. The fraction of sp³-hybridized carbons (Fsp3) is 0.450. The predicted octanol–water partition coefficient (Wildman–Crippen LogP) is 2.58. The monoisotopic (exact) mass is 353 g/mol. The van der Waals surface area contributed by atoms with Crippen LogP contribution in [0.15, 0.2) is 42.7 Å². The molecule has 26 heavy (non-hydrogen) atoms. The molecule has 6 nitrogen and oxygen atoms in total. The maximum absolute atomic E-state index is 12.1. The summed E-state index contributed by atoms with van der Waals surface area (Å²) in [7, 11) is 0. The van der Waals surface area contributed by atoms with Crippen molar-refractivity contribution in [1.29, 1.82) is 0 Å². The third-order valence-corrected chi connectivity index (χ3v) is 4.60. The highest BCUT2D eigenvalue weighted by Gasteiger charge is 2.19. The van der Waals surface area contributed by atoms with Crippen molar-refractivity contribution in [3.05, 3.63) is 48.4 Å². The van der Waals surface area contributed by atoms with Gasteiger partial charge in [-0.15, -0.1) is 0 Å². The van der Waals surface area contributed by atoms with Crippen LogP contribution in [0.5, 0.6) is 0 Å². The van der Waals surface area contributed by atoms with Gasteiger partial charge in [-0.25, -0.2) is 9.97 Å². The Balaban J connectivity index is 1.52. The van der Waals surface area contributed by atoms with E-state index >= 15 is 0 Å². The van der Waals surface area contributed by atoms with Crippen LogP contribution in [0, 0.1) is 5.92 Å². The van der Waals surface area contributed by atoms with Gasteiger partial charge in [-0.2, -0.15) is 0 Å². The third kappa shape index (κ3) is 4.71. The number of nitrogens with one attached hydrogen (secondary N) is 1. The van der Waals surface area contributed by atoms with E-state index in [4.69, 9.17) is 0 Å². The Hall–Kier alpha value is -2.63. The first-order valence-electron chi connectivity index (χ1n) is 9.28. The van der Waals surface area contributed by atoms with E-state index < -0.39 is 0 Å². The number of carbonyl (C=O) groups is 1. The topological polar surface area (TPSA) is 61.4 Å². The molecule has 1 aliphatic rings. The van der Waals surface area contributed by atoms with E-state index in [-0.39, 0.29) is 5.91 Å². The number of aromatic nitrogens is 2. The van der Waals surface area contributed by atoms with Gasteiger partial charge < -0.3 is 15.1 Å². The standard InChI is InChI=1S/C20H27N5O/c1-16(2)8-9-21-20(26)18-14-23-19(15-22-18)25-12-10-24(11-13-25)17-6-4-3-5-7-17/h3-7,14-16H,8-13H2,1-2H3,(H,21,26). The first-order valence-corrected chi connectivity index (χ1v) is 9.28. The smallest absolute Gasteiger partial charge is 0.271 e. The van der Waals surface area contributed by atoms with Gasteiger partial charge in [-0.3, -0.25) is 4.79 Å². The van der Waals surface area contributed by atoms with E-state index in [0.29, 0.717) is 18.2 Å². The van der Waals surface area contributed by atoms with Crippen LogP contribution < -0.4 is 15.1 Å². The van der Waals surface area contributed by atoms with Gasteiger partial charge in [0.2, 0.25) is 0 Å². The summed E-state index contributed by atoms with van der Waals surface area (Å²) < 4.78 is 0. The summed E-state index contributed by atoms with van der Waals surface area (Å²) in [6, 6.07) is 10.5. The molecule has 1 aliphatic heterocycles. The minimum atomic E-state index is -0.154. The quantitative estimate of drug-likeness (QED) is 0.865. The molecule has 0 spiro atoms. The zero-order valence-corrected chi connectivity index (χ0v) is 15.6. The molecule has 0 saturated carbocycles. The molecule has 0 bridgehead atoms. The van der Waals surface area contributed by atoms with Crippen LogP contribution in [0.25, 0.3) is 0 Å². The lowest BCUT2D eigenvalue weighted by Crippen LogP contribution is -2.46. The molecule has 0 aliphatic carbocycles. The molecule has 1 N–H and O–H groups in total. The number of nitrogens with zero attached hydrogens (tertiary/aromatic N) is 4. The third-order valence-electron chi connectivity index (χ3n) is 4.60. The second kappa shape index (κ2) is 8.65. The molecule has 2 heterocycles. The second-order valence-corrected chi connectivity index (χ2v) is 7.01. The maximum atomic E-state index is 12.1. The molecule has 6 heteroatoms. The number of hydrogen-bond donors (Lipinski definition) is 1. The lowest BCUT2D eigenvalue weighted by atomic mass is 10.1.